The molecule has 0 saturated carbocycles. The van der Waals surface area contributed by atoms with Crippen molar-refractivity contribution in [3.63, 3.8) is 0 Å². The molecule has 16 nitrogen and oxygen atoms in total. The Morgan fingerprint density at radius 3 is 2.14 bits per heavy atom. The number of imide groups is 1. The Balaban J connectivity index is 0.699. The number of piperidine rings is 2. The molecule has 372 valence electrons. The molecule has 0 bridgehead atoms. The number of amides is 4. The maximum atomic E-state index is 13.7. The van der Waals surface area contributed by atoms with Crippen LogP contribution < -0.4 is 39.3 Å². The van der Waals surface area contributed by atoms with Crippen molar-refractivity contribution < 1.29 is 28.6 Å². The Hall–Kier alpha value is -7.10. The first-order valence-electron chi connectivity index (χ1n) is 25.2. The van der Waals surface area contributed by atoms with Gasteiger partial charge in [-0.3, -0.25) is 19.5 Å². The van der Waals surface area contributed by atoms with E-state index >= 15 is 0 Å². The highest BCUT2D eigenvalue weighted by molar-refractivity contribution is 6.06. The van der Waals surface area contributed by atoms with Gasteiger partial charge in [0, 0.05) is 80.2 Å². The monoisotopic (exact) mass is 963 g/mol. The van der Waals surface area contributed by atoms with Crippen molar-refractivity contribution in [3.8, 4) is 11.6 Å². The molecule has 5 aromatic rings. The number of fused-ring (bicyclic) bond motifs is 2. The fourth-order valence-corrected chi connectivity index (χ4v) is 11.0. The lowest BCUT2D eigenvalue weighted by Crippen LogP contribution is -2.52. The lowest BCUT2D eigenvalue weighted by molar-refractivity contribution is -0.129. The van der Waals surface area contributed by atoms with Crippen LogP contribution >= 0.6 is 0 Å². The predicted molar refractivity (Wildman–Crippen MR) is 277 cm³/mol. The Labute approximate surface area is 416 Å². The molecule has 16 heteroatoms. The molecule has 4 amide bonds. The van der Waals surface area contributed by atoms with E-state index in [2.05, 4.69) is 79.4 Å². The van der Waals surface area contributed by atoms with Crippen LogP contribution in [0.3, 0.4) is 0 Å². The third kappa shape index (κ3) is 10.2. The van der Waals surface area contributed by atoms with Gasteiger partial charge in [0.15, 0.2) is 0 Å². The number of pyridine rings is 1. The van der Waals surface area contributed by atoms with Gasteiger partial charge < -0.3 is 34.2 Å². The average molecular weight is 963 g/mol. The molecule has 5 aliphatic heterocycles. The number of carbonyl (C=O) groups is 3. The topological polar surface area (TPSA) is 149 Å². The second-order valence-electron chi connectivity index (χ2n) is 20.5. The maximum absolute atomic E-state index is 13.7. The van der Waals surface area contributed by atoms with Gasteiger partial charge in [0.05, 0.1) is 44.3 Å². The molecule has 7 heterocycles. The Morgan fingerprint density at radius 1 is 0.775 bits per heavy atom. The minimum atomic E-state index is -0.619. The summed E-state index contributed by atoms with van der Waals surface area (Å²) < 4.78 is 16.9. The van der Waals surface area contributed by atoms with Crippen LogP contribution in [0.5, 0.6) is 11.6 Å². The van der Waals surface area contributed by atoms with Crippen molar-refractivity contribution >= 4 is 58.1 Å². The normalized spacial score (nSPS) is 18.0. The van der Waals surface area contributed by atoms with Gasteiger partial charge in [-0.25, -0.2) is 24.5 Å². The van der Waals surface area contributed by atoms with Crippen LogP contribution in [-0.2, 0) is 29.0 Å². The van der Waals surface area contributed by atoms with E-state index in [9.17, 15) is 14.4 Å². The van der Waals surface area contributed by atoms with E-state index in [4.69, 9.17) is 19.2 Å². The number of rotatable bonds is 10. The minimum absolute atomic E-state index is 0.148. The predicted octanol–water partition coefficient (Wildman–Crippen LogP) is 9.43. The molecule has 0 atom stereocenters. The van der Waals surface area contributed by atoms with Crippen LogP contribution in [0.25, 0.3) is 0 Å². The summed E-state index contributed by atoms with van der Waals surface area (Å²) in [7, 11) is 1.62. The van der Waals surface area contributed by atoms with Crippen molar-refractivity contribution in [2.24, 2.45) is 11.8 Å². The van der Waals surface area contributed by atoms with Gasteiger partial charge in [0.2, 0.25) is 17.7 Å². The number of carbonyl (C=O) groups excluding carboxylic acids is 3. The number of anilines is 7. The molecule has 71 heavy (non-hydrogen) atoms. The third-order valence-electron chi connectivity index (χ3n) is 14.9. The summed E-state index contributed by atoms with van der Waals surface area (Å²) in [4.78, 5) is 66.2. The van der Waals surface area contributed by atoms with Crippen molar-refractivity contribution in [2.45, 2.75) is 91.8 Å². The molecule has 3 aromatic carbocycles. The number of aryl methyl sites for hydroxylation is 1. The van der Waals surface area contributed by atoms with E-state index in [1.54, 1.807) is 16.9 Å². The molecule has 0 unspecified atom stereocenters. The largest absolute Gasteiger partial charge is 0.497 e. The van der Waals surface area contributed by atoms with E-state index in [-0.39, 0.29) is 18.5 Å². The summed E-state index contributed by atoms with van der Waals surface area (Å²) in [6, 6.07) is 22.2. The summed E-state index contributed by atoms with van der Waals surface area (Å²) in [6.45, 7) is 16.6. The van der Waals surface area contributed by atoms with Crippen molar-refractivity contribution in [2.75, 3.05) is 89.3 Å². The zero-order valence-electron chi connectivity index (χ0n) is 41.9. The van der Waals surface area contributed by atoms with Gasteiger partial charge in [-0.15, -0.1) is 0 Å². The number of aromatic nitrogens is 3. The van der Waals surface area contributed by atoms with Gasteiger partial charge in [-0.1, -0.05) is 12.1 Å². The first-order chi connectivity index (χ1) is 34.3. The molecular weight excluding hydrogens is 897 g/mol. The highest BCUT2D eigenvalue weighted by Crippen LogP contribution is 2.41. The number of ether oxygens (including phenoxy) is 3. The zero-order chi connectivity index (χ0) is 49.4. The minimum Gasteiger partial charge on any atom is -0.497 e. The van der Waals surface area contributed by atoms with Gasteiger partial charge >= 0.3 is 12.1 Å². The first-order valence-corrected chi connectivity index (χ1v) is 25.2. The van der Waals surface area contributed by atoms with E-state index < -0.39 is 11.7 Å². The van der Waals surface area contributed by atoms with Crippen LogP contribution in [0.4, 0.5) is 49.7 Å². The molecular formula is C55H66N10O6. The summed E-state index contributed by atoms with van der Waals surface area (Å²) in [5.41, 5.74) is 10.1. The smallest absolute Gasteiger partial charge is 0.415 e. The van der Waals surface area contributed by atoms with Gasteiger partial charge in [0.25, 0.3) is 0 Å². The van der Waals surface area contributed by atoms with E-state index in [1.165, 1.54) is 42.0 Å². The first kappa shape index (κ1) is 47.6. The highest BCUT2D eigenvalue weighted by atomic mass is 16.6. The number of benzene rings is 3. The molecule has 2 aromatic heterocycles. The number of hydrogen-bond acceptors (Lipinski definition) is 13. The van der Waals surface area contributed by atoms with E-state index in [0.29, 0.717) is 56.1 Å². The standard InChI is InChI=1S/C55H66N10O6/c1-36-31-44(13-16-47(36)63-28-22-49(66)65(53(63)67)34-38-7-14-45(69-6)15-8-38)61-25-19-40(20-26-61)39-17-23-60(24-18-39)43-11-9-42(10-12-43)58-52-57-32-41-21-27-62(35-46(41)59-52)48-33-56-51-50(37(48)2)64(29-30-70-51)54(68)71-55(3,4)5/h7-16,31-33,39-40H,17-30,34-35H2,1-6H3,(H,57,58,59). The second-order valence-corrected chi connectivity index (χ2v) is 20.5. The molecule has 1 N–H and O–H groups in total. The number of nitrogens with one attached hydrogen (secondary N) is 1. The quantitative estimate of drug-likeness (QED) is 0.142. The highest BCUT2D eigenvalue weighted by Gasteiger charge is 2.36. The molecule has 0 aliphatic carbocycles. The zero-order valence-corrected chi connectivity index (χ0v) is 41.9. The number of hydrogen-bond donors (Lipinski definition) is 1. The van der Waals surface area contributed by atoms with Gasteiger partial charge in [0.1, 0.15) is 23.6 Å². The third-order valence-corrected chi connectivity index (χ3v) is 14.9. The molecule has 5 aliphatic rings. The summed E-state index contributed by atoms with van der Waals surface area (Å²) in [5.74, 6) is 3.03. The fraction of sp³-hybridized carbons (Fsp3) is 0.455. The Kier molecular flexibility index (Phi) is 13.4. The Morgan fingerprint density at radius 2 is 1.46 bits per heavy atom. The van der Waals surface area contributed by atoms with Crippen LogP contribution in [0.2, 0.25) is 0 Å². The van der Waals surface area contributed by atoms with Crippen molar-refractivity contribution in [3.05, 3.63) is 107 Å². The lowest BCUT2D eigenvalue weighted by Gasteiger charge is -2.41. The van der Waals surface area contributed by atoms with Gasteiger partial charge in [-0.2, -0.15) is 0 Å². The molecule has 10 rings (SSSR count). The molecule has 3 fully saturated rings. The van der Waals surface area contributed by atoms with E-state index in [0.717, 1.165) is 95.8 Å². The van der Waals surface area contributed by atoms with Crippen LogP contribution in [0.15, 0.2) is 79.1 Å². The van der Waals surface area contributed by atoms with Gasteiger partial charge in [-0.05, 0) is 150 Å². The van der Waals surface area contributed by atoms with Crippen molar-refractivity contribution in [1.29, 1.82) is 0 Å². The molecule has 0 spiro atoms. The molecule has 3 saturated heterocycles. The summed E-state index contributed by atoms with van der Waals surface area (Å²) in [5, 5.41) is 3.45. The van der Waals surface area contributed by atoms with Crippen molar-refractivity contribution in [1.82, 2.24) is 19.9 Å². The summed E-state index contributed by atoms with van der Waals surface area (Å²) >= 11 is 0. The number of methoxy groups -OCH3 is 1. The number of urea groups is 1. The fourth-order valence-electron chi connectivity index (χ4n) is 11.0. The van der Waals surface area contributed by atoms with Crippen LogP contribution in [0, 0.1) is 25.7 Å². The lowest BCUT2D eigenvalue weighted by atomic mass is 9.78. The number of nitrogens with zero attached hydrogens (tertiary/aromatic N) is 9. The maximum Gasteiger partial charge on any atom is 0.415 e. The SMILES string of the molecule is COc1ccc(CN2C(=O)CCN(c3ccc(N4CCC(C5CCN(c6ccc(Nc7ncc8c(n7)CN(c7cnc9c(c7C)N(C(=O)OC(C)(C)C)CCO9)CC8)cc6)CC5)CC4)cc3C)C2=O)cc1. The van der Waals surface area contributed by atoms with Crippen LogP contribution in [-0.4, -0.2) is 103 Å². The van der Waals surface area contributed by atoms with E-state index in [1.807, 2.05) is 64.4 Å². The Bertz CT molecular complexity index is 2760. The summed E-state index contributed by atoms with van der Waals surface area (Å²) in [6.07, 6.45) is 9.19. The second kappa shape index (κ2) is 20.0. The van der Waals surface area contributed by atoms with Crippen LogP contribution in [0.1, 0.15) is 80.8 Å². The average Bonchev–Trinajstić information content (AvgIpc) is 3.37. The molecule has 0 radical (unpaired) electrons.